The average molecular weight is 233 g/mol. The highest BCUT2D eigenvalue weighted by molar-refractivity contribution is 5.30. The molecule has 0 aliphatic carbocycles. The van der Waals surface area contributed by atoms with E-state index >= 15 is 0 Å². The lowest BCUT2D eigenvalue weighted by Gasteiger charge is -2.44. The molecule has 3 rings (SSSR count). The van der Waals surface area contributed by atoms with Gasteiger partial charge in [0.1, 0.15) is 0 Å². The van der Waals surface area contributed by atoms with Gasteiger partial charge >= 0.3 is 0 Å². The van der Waals surface area contributed by atoms with Crippen LogP contribution in [0.3, 0.4) is 0 Å². The van der Waals surface area contributed by atoms with Gasteiger partial charge in [0.2, 0.25) is 0 Å². The minimum Gasteiger partial charge on any atom is -0.514 e. The molecule has 0 saturated carbocycles. The molecule has 2 aliphatic rings. The molecule has 3 heterocycles. The van der Waals surface area contributed by atoms with Gasteiger partial charge in [-0.05, 0) is 12.3 Å². The number of aliphatic hydroxyl groups is 1. The molecule has 0 aromatic carbocycles. The second kappa shape index (κ2) is 3.79. The van der Waals surface area contributed by atoms with Crippen molar-refractivity contribution in [1.82, 2.24) is 14.7 Å². The SMILES string of the molecule is CCC1CC(=CO)N2Cc3c(cnn3C)C1C2. The van der Waals surface area contributed by atoms with E-state index in [2.05, 4.69) is 16.9 Å². The molecule has 4 nitrogen and oxygen atoms in total. The van der Waals surface area contributed by atoms with Gasteiger partial charge in [0.25, 0.3) is 0 Å². The zero-order valence-corrected chi connectivity index (χ0v) is 10.4. The Morgan fingerprint density at radius 3 is 3.12 bits per heavy atom. The van der Waals surface area contributed by atoms with E-state index in [0.717, 1.165) is 31.6 Å². The molecular formula is C13H19N3O. The van der Waals surface area contributed by atoms with Crippen molar-refractivity contribution < 1.29 is 5.11 Å². The predicted octanol–water partition coefficient (Wildman–Crippen LogP) is 2.15. The summed E-state index contributed by atoms with van der Waals surface area (Å²) in [4.78, 5) is 2.29. The predicted molar refractivity (Wildman–Crippen MR) is 65.5 cm³/mol. The molecule has 2 atom stereocenters. The Bertz CT molecular complexity index is 463. The number of aryl methyl sites for hydroxylation is 1. The first kappa shape index (κ1) is 10.7. The zero-order valence-electron chi connectivity index (χ0n) is 10.4. The van der Waals surface area contributed by atoms with Gasteiger partial charge in [-0.25, -0.2) is 0 Å². The molecule has 1 saturated heterocycles. The fourth-order valence-electron chi connectivity index (χ4n) is 3.29. The minimum atomic E-state index is 0.584. The summed E-state index contributed by atoms with van der Waals surface area (Å²) >= 11 is 0. The number of aliphatic hydroxyl groups excluding tert-OH is 1. The third-order valence-corrected chi connectivity index (χ3v) is 4.37. The molecular weight excluding hydrogens is 214 g/mol. The second-order valence-corrected chi connectivity index (χ2v) is 5.15. The van der Waals surface area contributed by atoms with Crippen LogP contribution < -0.4 is 0 Å². The Labute approximate surface area is 102 Å². The van der Waals surface area contributed by atoms with Gasteiger partial charge in [-0.3, -0.25) is 4.68 Å². The van der Waals surface area contributed by atoms with Gasteiger partial charge in [0.05, 0.1) is 24.7 Å². The largest absolute Gasteiger partial charge is 0.514 e. The average Bonchev–Trinajstić information content (AvgIpc) is 2.72. The summed E-state index contributed by atoms with van der Waals surface area (Å²) in [6, 6.07) is 0. The summed E-state index contributed by atoms with van der Waals surface area (Å²) in [5, 5.41) is 13.7. The van der Waals surface area contributed by atoms with Gasteiger partial charge in [0, 0.05) is 30.8 Å². The third kappa shape index (κ3) is 1.47. The molecule has 2 unspecified atom stereocenters. The van der Waals surface area contributed by atoms with Gasteiger partial charge in [0.15, 0.2) is 0 Å². The van der Waals surface area contributed by atoms with E-state index in [1.54, 1.807) is 0 Å². The molecule has 4 heteroatoms. The molecule has 2 bridgehead atoms. The lowest BCUT2D eigenvalue weighted by atomic mass is 9.76. The van der Waals surface area contributed by atoms with Crippen LogP contribution in [0.4, 0.5) is 0 Å². The summed E-state index contributed by atoms with van der Waals surface area (Å²) in [6.07, 6.45) is 5.48. The summed E-state index contributed by atoms with van der Waals surface area (Å²) in [7, 11) is 2.00. The molecule has 1 fully saturated rings. The number of nitrogens with zero attached hydrogens (tertiary/aromatic N) is 3. The maximum atomic E-state index is 9.36. The Morgan fingerprint density at radius 2 is 2.41 bits per heavy atom. The molecule has 2 aliphatic heterocycles. The normalized spacial score (nSPS) is 29.5. The van der Waals surface area contributed by atoms with Gasteiger partial charge in [-0.1, -0.05) is 13.3 Å². The third-order valence-electron chi connectivity index (χ3n) is 4.37. The van der Waals surface area contributed by atoms with Crippen LogP contribution in [0.5, 0.6) is 0 Å². The quantitative estimate of drug-likeness (QED) is 0.756. The first-order chi connectivity index (χ1) is 8.24. The highest BCUT2D eigenvalue weighted by Crippen LogP contribution is 2.43. The van der Waals surface area contributed by atoms with Crippen LogP contribution in [0.1, 0.15) is 36.9 Å². The van der Waals surface area contributed by atoms with Crippen LogP contribution in [0.2, 0.25) is 0 Å². The molecule has 0 spiro atoms. The van der Waals surface area contributed by atoms with E-state index in [4.69, 9.17) is 0 Å². The zero-order chi connectivity index (χ0) is 12.0. The Balaban J connectivity index is 2.05. The standard InChI is InChI=1S/C13H19N3O/c1-3-9-4-10(8-17)16-6-12(9)11-5-14-15(2)13(11)7-16/h5,8-9,12,17H,3-4,6-7H2,1-2H3. The molecule has 0 radical (unpaired) electrons. The van der Waals surface area contributed by atoms with E-state index in [0.29, 0.717) is 11.8 Å². The number of hydrogen-bond acceptors (Lipinski definition) is 3. The number of piperidine rings is 1. The first-order valence-electron chi connectivity index (χ1n) is 6.33. The van der Waals surface area contributed by atoms with Crippen LogP contribution in [-0.4, -0.2) is 26.3 Å². The van der Waals surface area contributed by atoms with Gasteiger partial charge < -0.3 is 10.0 Å². The van der Waals surface area contributed by atoms with Crippen molar-refractivity contribution >= 4 is 0 Å². The van der Waals surface area contributed by atoms with Crippen molar-refractivity contribution in [2.75, 3.05) is 6.54 Å². The van der Waals surface area contributed by atoms with E-state index < -0.39 is 0 Å². The van der Waals surface area contributed by atoms with Crippen molar-refractivity contribution in [2.24, 2.45) is 13.0 Å². The maximum Gasteiger partial charge on any atom is 0.0983 e. The smallest absolute Gasteiger partial charge is 0.0983 e. The van der Waals surface area contributed by atoms with Crippen LogP contribution >= 0.6 is 0 Å². The molecule has 0 amide bonds. The number of rotatable bonds is 1. The van der Waals surface area contributed by atoms with Crippen LogP contribution in [0.15, 0.2) is 18.2 Å². The second-order valence-electron chi connectivity index (χ2n) is 5.15. The van der Waals surface area contributed by atoms with Crippen molar-refractivity contribution in [3.63, 3.8) is 0 Å². The molecule has 17 heavy (non-hydrogen) atoms. The van der Waals surface area contributed by atoms with Gasteiger partial charge in [-0.15, -0.1) is 0 Å². The van der Waals surface area contributed by atoms with E-state index in [1.807, 2.05) is 17.9 Å². The minimum absolute atomic E-state index is 0.584. The van der Waals surface area contributed by atoms with Crippen molar-refractivity contribution in [1.29, 1.82) is 0 Å². The van der Waals surface area contributed by atoms with Gasteiger partial charge in [-0.2, -0.15) is 5.10 Å². The van der Waals surface area contributed by atoms with Crippen LogP contribution in [-0.2, 0) is 13.6 Å². The number of aromatic nitrogens is 2. The molecule has 92 valence electrons. The van der Waals surface area contributed by atoms with E-state index in [9.17, 15) is 5.11 Å². The highest BCUT2D eigenvalue weighted by Gasteiger charge is 2.38. The van der Waals surface area contributed by atoms with Crippen molar-refractivity contribution in [3.05, 3.63) is 29.4 Å². The Kier molecular flexibility index (Phi) is 2.38. The van der Waals surface area contributed by atoms with E-state index in [-0.39, 0.29) is 0 Å². The Morgan fingerprint density at radius 1 is 1.59 bits per heavy atom. The van der Waals surface area contributed by atoms with Crippen molar-refractivity contribution in [2.45, 2.75) is 32.2 Å². The number of allylic oxidation sites excluding steroid dienone is 1. The molecule has 1 aromatic heterocycles. The topological polar surface area (TPSA) is 41.3 Å². The lowest BCUT2D eigenvalue weighted by Crippen LogP contribution is -2.41. The fourth-order valence-corrected chi connectivity index (χ4v) is 3.29. The van der Waals surface area contributed by atoms with Crippen LogP contribution in [0.25, 0.3) is 0 Å². The molecule has 1 aromatic rings. The van der Waals surface area contributed by atoms with Crippen molar-refractivity contribution in [3.8, 4) is 0 Å². The summed E-state index contributed by atoms with van der Waals surface area (Å²) < 4.78 is 1.97. The number of hydrogen-bond donors (Lipinski definition) is 1. The Hall–Kier alpha value is -1.45. The maximum absolute atomic E-state index is 9.36. The summed E-state index contributed by atoms with van der Waals surface area (Å²) in [6.45, 7) is 4.15. The fraction of sp³-hybridized carbons (Fsp3) is 0.615. The lowest BCUT2D eigenvalue weighted by molar-refractivity contribution is 0.170. The highest BCUT2D eigenvalue weighted by atomic mass is 16.2. The monoisotopic (exact) mass is 233 g/mol. The van der Waals surface area contributed by atoms with Crippen LogP contribution in [0, 0.1) is 5.92 Å². The van der Waals surface area contributed by atoms with E-state index in [1.165, 1.54) is 17.5 Å². The summed E-state index contributed by atoms with van der Waals surface area (Å²) in [5.74, 6) is 1.22. The summed E-state index contributed by atoms with van der Waals surface area (Å²) in [5.41, 5.74) is 3.81. The molecule has 1 N–H and O–H groups in total. The first-order valence-corrected chi connectivity index (χ1v) is 6.33. The number of fused-ring (bicyclic) bond motifs is 4.